The lowest BCUT2D eigenvalue weighted by Gasteiger charge is -2.32. The molecule has 3 aliphatic carbocycles. The molecule has 1 spiro atoms. The van der Waals surface area contributed by atoms with E-state index in [2.05, 4.69) is 207 Å². The van der Waals surface area contributed by atoms with Crippen molar-refractivity contribution in [2.75, 3.05) is 4.90 Å². The van der Waals surface area contributed by atoms with Gasteiger partial charge in [-0.2, -0.15) is 0 Å². The summed E-state index contributed by atoms with van der Waals surface area (Å²) in [6, 6.07) is 70.5. The largest absolute Gasteiger partial charge is 0.310 e. The molecule has 8 aromatic carbocycles. The fraction of sp³-hybridized carbons (Fsp3) is 0.111. The van der Waals surface area contributed by atoms with Crippen LogP contribution in [0.25, 0.3) is 44.5 Å². The summed E-state index contributed by atoms with van der Waals surface area (Å²) in [6.45, 7) is 4.70. The van der Waals surface area contributed by atoms with Gasteiger partial charge in [0.2, 0.25) is 0 Å². The number of hydrogen-bond acceptors (Lipinski definition) is 1. The summed E-state index contributed by atoms with van der Waals surface area (Å²) in [4.78, 5) is 2.44. The van der Waals surface area contributed by atoms with E-state index >= 15 is 0 Å². The molecule has 0 saturated carbocycles. The maximum Gasteiger partial charge on any atom is 0.0725 e. The van der Waals surface area contributed by atoms with Crippen LogP contribution in [0.15, 0.2) is 188 Å². The number of rotatable bonds is 6. The Balaban J connectivity index is 1.06. The number of anilines is 3. The topological polar surface area (TPSA) is 3.24 Å². The van der Waals surface area contributed by atoms with Gasteiger partial charge in [-0.3, -0.25) is 0 Å². The Morgan fingerprint density at radius 1 is 0.327 bits per heavy atom. The Kier molecular flexibility index (Phi) is 7.01. The summed E-state index contributed by atoms with van der Waals surface area (Å²) < 4.78 is 0. The lowest BCUT2D eigenvalue weighted by atomic mass is 9.70. The number of nitrogens with zero attached hydrogens (tertiary/aromatic N) is 1. The van der Waals surface area contributed by atoms with Crippen LogP contribution in [-0.2, 0) is 10.8 Å². The first-order valence-corrected chi connectivity index (χ1v) is 19.8. The van der Waals surface area contributed by atoms with E-state index in [0.29, 0.717) is 0 Å². The Bertz CT molecular complexity index is 2760. The molecule has 8 aromatic rings. The third kappa shape index (κ3) is 4.30. The van der Waals surface area contributed by atoms with Crippen molar-refractivity contribution >= 4 is 17.1 Å². The SMILES string of the molecule is CCC1(CC)c2ccccc2-c2ccc(N(c3ccccc3)c3cccc(-c4ccc5c(c4)-c4ccccc4C54c5ccccc5-c5ccccc54)c3)cc21. The predicted molar refractivity (Wildman–Crippen MR) is 230 cm³/mol. The van der Waals surface area contributed by atoms with Gasteiger partial charge in [-0.15, -0.1) is 0 Å². The first-order valence-electron chi connectivity index (χ1n) is 19.8. The van der Waals surface area contributed by atoms with E-state index in [1.807, 2.05) is 0 Å². The molecule has 0 aromatic heterocycles. The molecule has 3 aliphatic rings. The molecular weight excluding hydrogens is 663 g/mol. The molecule has 0 fully saturated rings. The van der Waals surface area contributed by atoms with Crippen LogP contribution in [-0.4, -0.2) is 0 Å². The van der Waals surface area contributed by atoms with Gasteiger partial charge in [-0.1, -0.05) is 159 Å². The van der Waals surface area contributed by atoms with Gasteiger partial charge >= 0.3 is 0 Å². The van der Waals surface area contributed by atoms with E-state index < -0.39 is 0 Å². The average molecular weight is 704 g/mol. The fourth-order valence-corrected chi connectivity index (χ4v) is 10.7. The Labute approximate surface area is 324 Å². The summed E-state index contributed by atoms with van der Waals surface area (Å²) in [5, 5.41) is 0. The smallest absolute Gasteiger partial charge is 0.0725 e. The minimum atomic E-state index is -0.330. The summed E-state index contributed by atoms with van der Waals surface area (Å²) in [6.07, 6.45) is 2.13. The van der Waals surface area contributed by atoms with Gasteiger partial charge in [0, 0.05) is 22.5 Å². The van der Waals surface area contributed by atoms with Crippen LogP contribution in [0.1, 0.15) is 60.1 Å². The molecule has 0 bridgehead atoms. The summed E-state index contributed by atoms with van der Waals surface area (Å²) in [5.41, 5.74) is 22.0. The van der Waals surface area contributed by atoms with Crippen molar-refractivity contribution in [3.05, 3.63) is 221 Å². The van der Waals surface area contributed by atoms with E-state index in [1.165, 1.54) is 83.6 Å². The molecule has 55 heavy (non-hydrogen) atoms. The highest BCUT2D eigenvalue weighted by Gasteiger charge is 2.51. The van der Waals surface area contributed by atoms with E-state index in [9.17, 15) is 0 Å². The first kappa shape index (κ1) is 32.0. The van der Waals surface area contributed by atoms with E-state index in [4.69, 9.17) is 0 Å². The number of fused-ring (bicyclic) bond motifs is 13. The van der Waals surface area contributed by atoms with Crippen LogP contribution in [0, 0.1) is 0 Å². The maximum atomic E-state index is 2.48. The zero-order valence-electron chi connectivity index (χ0n) is 31.3. The monoisotopic (exact) mass is 703 g/mol. The molecule has 1 heteroatoms. The first-order chi connectivity index (χ1) is 27.2. The Morgan fingerprint density at radius 3 is 1.44 bits per heavy atom. The minimum absolute atomic E-state index is 0.00452. The summed E-state index contributed by atoms with van der Waals surface area (Å²) >= 11 is 0. The van der Waals surface area contributed by atoms with Gasteiger partial charge in [0.1, 0.15) is 0 Å². The highest BCUT2D eigenvalue weighted by Crippen LogP contribution is 2.63. The van der Waals surface area contributed by atoms with Gasteiger partial charge in [-0.25, -0.2) is 0 Å². The van der Waals surface area contributed by atoms with Crippen LogP contribution >= 0.6 is 0 Å². The van der Waals surface area contributed by atoms with Gasteiger partial charge in [-0.05, 0) is 133 Å². The van der Waals surface area contributed by atoms with Crippen molar-refractivity contribution < 1.29 is 0 Å². The van der Waals surface area contributed by atoms with E-state index in [1.54, 1.807) is 0 Å². The van der Waals surface area contributed by atoms with Gasteiger partial charge < -0.3 is 4.90 Å². The molecule has 0 atom stereocenters. The van der Waals surface area contributed by atoms with Crippen LogP contribution in [0.4, 0.5) is 17.1 Å². The minimum Gasteiger partial charge on any atom is -0.310 e. The number of benzene rings is 8. The lowest BCUT2D eigenvalue weighted by Crippen LogP contribution is -2.25. The quantitative estimate of drug-likeness (QED) is 0.167. The second kappa shape index (κ2) is 12.0. The standard InChI is InChI=1S/C54H41N/c1-3-53(4-2)47-25-12-8-21-41(47)45-31-30-40(35-52(45)53)55(38-18-6-5-7-19-38)39-20-16-17-36(33-39)37-29-32-51-46(34-37)44-24-11-15-28-50(44)54(51)48-26-13-9-22-42(48)43-23-10-14-27-49(43)54/h5-35H,3-4H2,1-2H3. The lowest BCUT2D eigenvalue weighted by molar-refractivity contribution is 0.490. The molecule has 11 rings (SSSR count). The van der Waals surface area contributed by atoms with Crippen molar-refractivity contribution in [1.29, 1.82) is 0 Å². The second-order valence-corrected chi connectivity index (χ2v) is 15.4. The molecular formula is C54H41N. The third-order valence-corrected chi connectivity index (χ3v) is 13.2. The van der Waals surface area contributed by atoms with Gasteiger partial charge in [0.05, 0.1) is 5.41 Å². The van der Waals surface area contributed by atoms with Gasteiger partial charge in [0.25, 0.3) is 0 Å². The Morgan fingerprint density at radius 2 is 0.800 bits per heavy atom. The predicted octanol–water partition coefficient (Wildman–Crippen LogP) is 14.3. The van der Waals surface area contributed by atoms with Crippen molar-refractivity contribution in [3.8, 4) is 44.5 Å². The molecule has 0 radical (unpaired) electrons. The normalized spacial score (nSPS) is 14.4. The van der Waals surface area contributed by atoms with E-state index in [0.717, 1.165) is 24.2 Å². The molecule has 0 saturated heterocycles. The molecule has 0 amide bonds. The van der Waals surface area contributed by atoms with Crippen LogP contribution < -0.4 is 4.90 Å². The number of para-hydroxylation sites is 1. The van der Waals surface area contributed by atoms with Crippen LogP contribution in [0.5, 0.6) is 0 Å². The zero-order valence-corrected chi connectivity index (χ0v) is 31.3. The summed E-state index contributed by atoms with van der Waals surface area (Å²) in [5.74, 6) is 0. The molecule has 1 nitrogen and oxygen atoms in total. The average Bonchev–Trinajstić information content (AvgIpc) is 3.84. The van der Waals surface area contributed by atoms with Gasteiger partial charge in [0.15, 0.2) is 0 Å². The zero-order chi connectivity index (χ0) is 36.7. The Hall–Kier alpha value is -6.44. The second-order valence-electron chi connectivity index (χ2n) is 15.4. The van der Waals surface area contributed by atoms with E-state index in [-0.39, 0.29) is 10.8 Å². The highest BCUT2D eigenvalue weighted by atomic mass is 15.1. The number of hydrogen-bond donors (Lipinski definition) is 0. The van der Waals surface area contributed by atoms with Crippen molar-refractivity contribution in [2.24, 2.45) is 0 Å². The molecule has 0 N–H and O–H groups in total. The fourth-order valence-electron chi connectivity index (χ4n) is 10.7. The van der Waals surface area contributed by atoms with Crippen molar-refractivity contribution in [3.63, 3.8) is 0 Å². The van der Waals surface area contributed by atoms with Crippen LogP contribution in [0.2, 0.25) is 0 Å². The molecule has 0 aliphatic heterocycles. The van der Waals surface area contributed by atoms with Crippen molar-refractivity contribution in [2.45, 2.75) is 37.5 Å². The molecule has 0 unspecified atom stereocenters. The van der Waals surface area contributed by atoms with Crippen LogP contribution in [0.3, 0.4) is 0 Å². The third-order valence-electron chi connectivity index (χ3n) is 13.2. The maximum absolute atomic E-state index is 2.48. The summed E-state index contributed by atoms with van der Waals surface area (Å²) in [7, 11) is 0. The highest BCUT2D eigenvalue weighted by molar-refractivity contribution is 5.96. The molecule has 262 valence electrons. The molecule has 0 heterocycles. The van der Waals surface area contributed by atoms with Crippen molar-refractivity contribution in [1.82, 2.24) is 0 Å².